The Morgan fingerprint density at radius 1 is 1.21 bits per heavy atom. The number of aliphatic hydroxyl groups is 2. The SMILES string of the molecule is C[C@]12C=CC(=O)C=C1[C@@H](F)C[C@H]1[C@@H]3C[C@H]4C(C(=O)O)N=C[C@@]4(C(=O)CO)[C@@]3(C)C[C@H](O)[C@@]12F. The second kappa shape index (κ2) is 6.66. The van der Waals surface area contributed by atoms with E-state index in [1.165, 1.54) is 25.3 Å². The molecular formula is C24H27F2NO6. The second-order valence-corrected chi connectivity index (χ2v) is 10.7. The number of aliphatic carboxylic acids is 1. The van der Waals surface area contributed by atoms with Crippen molar-refractivity contribution in [2.45, 2.75) is 57.1 Å². The molecule has 0 radical (unpaired) electrons. The number of carbonyl (C=O) groups is 3. The molecule has 3 fully saturated rings. The molecule has 7 nitrogen and oxygen atoms in total. The number of rotatable bonds is 3. The van der Waals surface area contributed by atoms with Gasteiger partial charge in [-0.15, -0.1) is 0 Å². The van der Waals surface area contributed by atoms with Crippen molar-refractivity contribution < 1.29 is 38.5 Å². The third-order valence-electron chi connectivity index (χ3n) is 9.73. The van der Waals surface area contributed by atoms with Crippen LogP contribution in [-0.4, -0.2) is 69.7 Å². The molecule has 0 amide bonds. The van der Waals surface area contributed by atoms with E-state index in [9.17, 15) is 29.7 Å². The van der Waals surface area contributed by atoms with Crippen LogP contribution in [0.3, 0.4) is 0 Å². The van der Waals surface area contributed by atoms with Crippen molar-refractivity contribution in [3.05, 3.63) is 23.8 Å². The minimum absolute atomic E-state index is 0.000664. The predicted molar refractivity (Wildman–Crippen MR) is 112 cm³/mol. The van der Waals surface area contributed by atoms with E-state index in [0.29, 0.717) is 0 Å². The van der Waals surface area contributed by atoms with Crippen LogP contribution < -0.4 is 0 Å². The smallest absolute Gasteiger partial charge is 0.328 e. The van der Waals surface area contributed by atoms with Crippen LogP contribution in [0.15, 0.2) is 28.8 Å². The van der Waals surface area contributed by atoms with Crippen LogP contribution in [0.2, 0.25) is 0 Å². The highest BCUT2D eigenvalue weighted by Crippen LogP contribution is 2.74. The summed E-state index contributed by atoms with van der Waals surface area (Å²) in [7, 11) is 0. The van der Waals surface area contributed by atoms with E-state index in [1.54, 1.807) is 6.92 Å². The lowest BCUT2D eigenvalue weighted by Crippen LogP contribution is -2.69. The Balaban J connectivity index is 1.68. The van der Waals surface area contributed by atoms with Gasteiger partial charge in [0.1, 0.15) is 12.8 Å². The fraction of sp³-hybridized carbons (Fsp3) is 0.667. The highest BCUT2D eigenvalue weighted by atomic mass is 19.1. The molecule has 0 aromatic rings. The summed E-state index contributed by atoms with van der Waals surface area (Å²) in [5, 5.41) is 30.8. The number of hydrogen-bond donors (Lipinski definition) is 3. The molecule has 0 spiro atoms. The number of allylic oxidation sites excluding steroid dienone is 4. The minimum atomic E-state index is -2.32. The number of fused-ring (bicyclic) bond motifs is 7. The zero-order valence-corrected chi connectivity index (χ0v) is 18.4. The van der Waals surface area contributed by atoms with Crippen molar-refractivity contribution in [2.75, 3.05) is 6.61 Å². The number of alkyl halides is 2. The normalized spacial score (nSPS) is 51.9. The Labute approximate surface area is 189 Å². The molecular weight excluding hydrogens is 436 g/mol. The fourth-order valence-electron chi connectivity index (χ4n) is 8.23. The first-order valence-corrected chi connectivity index (χ1v) is 11.3. The average Bonchev–Trinajstić information content (AvgIpc) is 3.26. The third-order valence-corrected chi connectivity index (χ3v) is 9.73. The number of Topliss-reactive ketones (excluding diaryl/α,β-unsaturated/α-hetero) is 1. The van der Waals surface area contributed by atoms with E-state index in [2.05, 4.69) is 4.99 Å². The van der Waals surface area contributed by atoms with E-state index in [0.717, 1.165) is 6.08 Å². The van der Waals surface area contributed by atoms with E-state index in [4.69, 9.17) is 0 Å². The van der Waals surface area contributed by atoms with Crippen LogP contribution in [0.1, 0.15) is 33.1 Å². The maximum absolute atomic E-state index is 17.2. The van der Waals surface area contributed by atoms with Crippen LogP contribution in [0, 0.1) is 34.0 Å². The first-order valence-electron chi connectivity index (χ1n) is 11.3. The number of carboxylic acids is 1. The summed E-state index contributed by atoms with van der Waals surface area (Å²) in [6.07, 6.45) is 1.31. The van der Waals surface area contributed by atoms with Gasteiger partial charge in [-0.2, -0.15) is 0 Å². The van der Waals surface area contributed by atoms with Gasteiger partial charge in [0.05, 0.1) is 11.5 Å². The van der Waals surface area contributed by atoms with Crippen LogP contribution >= 0.6 is 0 Å². The third kappa shape index (κ3) is 2.35. The van der Waals surface area contributed by atoms with Gasteiger partial charge in [0, 0.05) is 23.5 Å². The van der Waals surface area contributed by atoms with Crippen molar-refractivity contribution >= 4 is 23.8 Å². The molecule has 33 heavy (non-hydrogen) atoms. The number of carbonyl (C=O) groups excluding carboxylic acids is 2. The predicted octanol–water partition coefficient (Wildman–Crippen LogP) is 1.62. The molecule has 0 aromatic carbocycles. The standard InChI is InChI=1S/C24H27F2NO6/c1-21-4-3-11(29)5-14(21)16(25)7-13-12-6-15-19(20(32)33)27-10-23(15,18(31)9-28)22(12,2)8-17(30)24(13,21)26/h3-5,10,12-13,15-17,19,28,30H,6-9H2,1-2H3,(H,32,33)/t12-,13-,15-,16-,17-,19?,21-,22-,23+,24-/m0/s1. The van der Waals surface area contributed by atoms with E-state index < -0.39 is 82.1 Å². The topological polar surface area (TPSA) is 124 Å². The van der Waals surface area contributed by atoms with Crippen molar-refractivity contribution in [3.8, 4) is 0 Å². The Kier molecular flexibility index (Phi) is 4.55. The molecule has 3 saturated carbocycles. The van der Waals surface area contributed by atoms with Gasteiger partial charge in [-0.05, 0) is 55.2 Å². The lowest BCUT2D eigenvalue weighted by Gasteiger charge is -2.63. The lowest BCUT2D eigenvalue weighted by molar-refractivity contribution is -0.206. The molecule has 10 atom stereocenters. The van der Waals surface area contributed by atoms with Crippen molar-refractivity contribution in [2.24, 2.45) is 39.0 Å². The molecule has 0 bridgehead atoms. The minimum Gasteiger partial charge on any atom is -0.480 e. The monoisotopic (exact) mass is 463 g/mol. The summed E-state index contributed by atoms with van der Waals surface area (Å²) in [6, 6.07) is -1.24. The van der Waals surface area contributed by atoms with E-state index in [1.807, 2.05) is 0 Å². The van der Waals surface area contributed by atoms with Crippen LogP contribution in [0.4, 0.5) is 8.78 Å². The van der Waals surface area contributed by atoms with Gasteiger partial charge in [0.15, 0.2) is 23.3 Å². The molecule has 4 aliphatic carbocycles. The molecule has 0 saturated heterocycles. The maximum Gasteiger partial charge on any atom is 0.328 e. The summed E-state index contributed by atoms with van der Waals surface area (Å²) in [4.78, 5) is 41.1. The van der Waals surface area contributed by atoms with E-state index >= 15 is 8.78 Å². The Hall–Kier alpha value is -2.26. The molecule has 3 N–H and O–H groups in total. The second-order valence-electron chi connectivity index (χ2n) is 10.7. The van der Waals surface area contributed by atoms with Crippen LogP contribution in [0.5, 0.6) is 0 Å². The van der Waals surface area contributed by atoms with E-state index in [-0.39, 0.29) is 24.8 Å². The number of hydrogen-bond acceptors (Lipinski definition) is 6. The number of nitrogens with zero attached hydrogens (tertiary/aromatic N) is 1. The quantitative estimate of drug-likeness (QED) is 0.584. The highest BCUT2D eigenvalue weighted by Gasteiger charge is 2.78. The Morgan fingerprint density at radius 2 is 1.91 bits per heavy atom. The molecule has 1 heterocycles. The van der Waals surface area contributed by atoms with Crippen molar-refractivity contribution in [1.82, 2.24) is 0 Å². The molecule has 1 aliphatic heterocycles. The zero-order chi connectivity index (χ0) is 24.1. The summed E-state index contributed by atoms with van der Waals surface area (Å²) in [5.74, 6) is -4.78. The Morgan fingerprint density at radius 3 is 2.55 bits per heavy atom. The molecule has 9 heteroatoms. The molecule has 5 rings (SSSR count). The van der Waals surface area contributed by atoms with Crippen LogP contribution in [-0.2, 0) is 14.4 Å². The van der Waals surface area contributed by atoms with Gasteiger partial charge in [-0.25, -0.2) is 13.6 Å². The zero-order valence-electron chi connectivity index (χ0n) is 18.4. The molecule has 0 aromatic heterocycles. The fourth-order valence-corrected chi connectivity index (χ4v) is 8.23. The van der Waals surface area contributed by atoms with Gasteiger partial charge >= 0.3 is 5.97 Å². The first kappa shape index (κ1) is 22.5. The van der Waals surface area contributed by atoms with Gasteiger partial charge < -0.3 is 15.3 Å². The van der Waals surface area contributed by atoms with Gasteiger partial charge in [-0.3, -0.25) is 14.6 Å². The molecule has 178 valence electrons. The number of carboxylic acid groups (broad SMARTS) is 1. The number of halogens is 2. The number of aliphatic imine (C=N–C) groups is 1. The van der Waals surface area contributed by atoms with Gasteiger partial charge in [0.25, 0.3) is 0 Å². The average molecular weight is 463 g/mol. The number of ketones is 2. The Bertz CT molecular complexity index is 1060. The summed E-state index contributed by atoms with van der Waals surface area (Å²) < 4.78 is 32.6. The van der Waals surface area contributed by atoms with Gasteiger partial charge in [0.2, 0.25) is 0 Å². The molecule has 5 aliphatic rings. The van der Waals surface area contributed by atoms with Gasteiger partial charge in [-0.1, -0.05) is 13.0 Å². The van der Waals surface area contributed by atoms with Crippen molar-refractivity contribution in [1.29, 1.82) is 0 Å². The molecule has 1 unspecified atom stereocenters. The lowest BCUT2D eigenvalue weighted by atomic mass is 9.43. The van der Waals surface area contributed by atoms with Crippen LogP contribution in [0.25, 0.3) is 0 Å². The number of aliphatic hydroxyl groups excluding tert-OH is 2. The summed E-state index contributed by atoms with van der Waals surface area (Å²) in [6.45, 7) is 2.34. The maximum atomic E-state index is 17.2. The first-order chi connectivity index (χ1) is 15.4. The summed E-state index contributed by atoms with van der Waals surface area (Å²) in [5.41, 5.74) is -6.49. The highest BCUT2D eigenvalue weighted by molar-refractivity contribution is 6.05. The summed E-state index contributed by atoms with van der Waals surface area (Å²) >= 11 is 0. The van der Waals surface area contributed by atoms with Crippen molar-refractivity contribution in [3.63, 3.8) is 0 Å². The largest absolute Gasteiger partial charge is 0.480 e.